The van der Waals surface area contributed by atoms with Gasteiger partial charge in [-0.25, -0.2) is 13.2 Å². The van der Waals surface area contributed by atoms with E-state index in [1.807, 2.05) is 0 Å². The maximum absolute atomic E-state index is 12.2. The van der Waals surface area contributed by atoms with Gasteiger partial charge in [0.25, 0.3) is 10.0 Å². The minimum absolute atomic E-state index is 0.0673. The molecule has 1 aromatic heterocycles. The monoisotopic (exact) mass is 289 g/mol. The number of aromatic carboxylic acids is 1. The van der Waals surface area contributed by atoms with Crippen molar-refractivity contribution in [2.24, 2.45) is 0 Å². The number of hydrogen-bond acceptors (Lipinski definition) is 5. The summed E-state index contributed by atoms with van der Waals surface area (Å²) in [6, 6.07) is 2.30. The Morgan fingerprint density at radius 2 is 2.05 bits per heavy atom. The van der Waals surface area contributed by atoms with Gasteiger partial charge in [-0.2, -0.15) is 4.31 Å². The average molecular weight is 289 g/mol. The van der Waals surface area contributed by atoms with E-state index in [4.69, 9.17) is 14.3 Å². The third-order valence-electron chi connectivity index (χ3n) is 3.12. The number of nitrogens with zero attached hydrogens (tertiary/aromatic N) is 1. The average Bonchev–Trinajstić information content (AvgIpc) is 2.89. The molecule has 0 atom stereocenters. The molecule has 0 saturated carbocycles. The SMILES string of the molecule is COC1CCN(S(=O)(=O)c2ccc(C(=O)O)o2)CC1. The number of methoxy groups -OCH3 is 1. The Hall–Kier alpha value is -1.38. The van der Waals surface area contributed by atoms with Crippen LogP contribution in [-0.2, 0) is 14.8 Å². The number of carboxylic acid groups (broad SMARTS) is 1. The van der Waals surface area contributed by atoms with E-state index in [1.54, 1.807) is 7.11 Å². The fraction of sp³-hybridized carbons (Fsp3) is 0.545. The van der Waals surface area contributed by atoms with Crippen molar-refractivity contribution in [3.8, 4) is 0 Å². The first-order valence-electron chi connectivity index (χ1n) is 5.81. The predicted molar refractivity (Wildman–Crippen MR) is 64.5 cm³/mol. The van der Waals surface area contributed by atoms with Crippen LogP contribution in [0.1, 0.15) is 23.4 Å². The molecule has 7 nitrogen and oxygen atoms in total. The van der Waals surface area contributed by atoms with Crippen molar-refractivity contribution in [3.63, 3.8) is 0 Å². The van der Waals surface area contributed by atoms with Crippen molar-refractivity contribution < 1.29 is 27.5 Å². The molecule has 1 aliphatic heterocycles. The number of hydrogen-bond donors (Lipinski definition) is 1. The first-order valence-corrected chi connectivity index (χ1v) is 7.25. The topological polar surface area (TPSA) is 97.0 Å². The molecule has 2 rings (SSSR count). The van der Waals surface area contributed by atoms with Gasteiger partial charge in [-0.3, -0.25) is 0 Å². The van der Waals surface area contributed by atoms with Gasteiger partial charge in [0.15, 0.2) is 0 Å². The van der Waals surface area contributed by atoms with Crippen LogP contribution in [0.3, 0.4) is 0 Å². The first-order chi connectivity index (χ1) is 8.95. The molecule has 8 heteroatoms. The summed E-state index contributed by atoms with van der Waals surface area (Å²) in [6.45, 7) is 0.674. The second kappa shape index (κ2) is 5.32. The minimum atomic E-state index is -3.76. The number of sulfonamides is 1. The molecule has 2 heterocycles. The molecule has 0 amide bonds. The van der Waals surface area contributed by atoms with Gasteiger partial charge < -0.3 is 14.3 Å². The van der Waals surface area contributed by atoms with E-state index in [-0.39, 0.29) is 17.0 Å². The van der Waals surface area contributed by atoms with Crippen LogP contribution in [0.25, 0.3) is 0 Å². The molecule has 0 unspecified atom stereocenters. The van der Waals surface area contributed by atoms with Gasteiger partial charge in [0.1, 0.15) is 0 Å². The summed E-state index contributed by atoms with van der Waals surface area (Å²) >= 11 is 0. The van der Waals surface area contributed by atoms with E-state index in [9.17, 15) is 13.2 Å². The van der Waals surface area contributed by atoms with E-state index >= 15 is 0 Å². The quantitative estimate of drug-likeness (QED) is 0.879. The van der Waals surface area contributed by atoms with E-state index in [0.717, 1.165) is 6.07 Å². The molecule has 1 fully saturated rings. The Labute approximate surface area is 110 Å². The Balaban J connectivity index is 2.16. The smallest absolute Gasteiger partial charge is 0.371 e. The fourth-order valence-electron chi connectivity index (χ4n) is 2.01. The number of ether oxygens (including phenoxy) is 1. The van der Waals surface area contributed by atoms with Crippen LogP contribution < -0.4 is 0 Å². The molecule has 0 aliphatic carbocycles. The molecular formula is C11H15NO6S. The van der Waals surface area contributed by atoms with Crippen LogP contribution in [0.5, 0.6) is 0 Å². The molecule has 1 aliphatic rings. The van der Waals surface area contributed by atoms with Crippen molar-refractivity contribution in [3.05, 3.63) is 17.9 Å². The van der Waals surface area contributed by atoms with Crippen molar-refractivity contribution in [1.82, 2.24) is 4.31 Å². The lowest BCUT2D eigenvalue weighted by molar-refractivity contribution is 0.0600. The third kappa shape index (κ3) is 2.80. The van der Waals surface area contributed by atoms with E-state index < -0.39 is 16.0 Å². The molecular weight excluding hydrogens is 274 g/mol. The van der Waals surface area contributed by atoms with Gasteiger partial charge in [-0.15, -0.1) is 0 Å². The maximum atomic E-state index is 12.2. The Kier molecular flexibility index (Phi) is 3.93. The predicted octanol–water partition coefficient (Wildman–Crippen LogP) is 0.777. The number of rotatable bonds is 4. The zero-order valence-corrected chi connectivity index (χ0v) is 11.2. The van der Waals surface area contributed by atoms with Gasteiger partial charge in [0.2, 0.25) is 10.9 Å². The van der Waals surface area contributed by atoms with Gasteiger partial charge in [-0.1, -0.05) is 0 Å². The minimum Gasteiger partial charge on any atom is -0.475 e. The molecule has 106 valence electrons. The first kappa shape index (κ1) is 14.0. The fourth-order valence-corrected chi connectivity index (χ4v) is 3.39. The van der Waals surface area contributed by atoms with Crippen LogP contribution in [0.4, 0.5) is 0 Å². The third-order valence-corrected chi connectivity index (χ3v) is 4.89. The highest BCUT2D eigenvalue weighted by Crippen LogP contribution is 2.23. The van der Waals surface area contributed by atoms with Crippen LogP contribution in [0, 0.1) is 0 Å². The summed E-state index contributed by atoms with van der Waals surface area (Å²) in [6.07, 6.45) is 1.29. The molecule has 0 spiro atoms. The molecule has 19 heavy (non-hydrogen) atoms. The van der Waals surface area contributed by atoms with Crippen LogP contribution in [0.15, 0.2) is 21.6 Å². The van der Waals surface area contributed by atoms with Crippen molar-refractivity contribution in [2.45, 2.75) is 24.0 Å². The van der Waals surface area contributed by atoms with Crippen molar-refractivity contribution >= 4 is 16.0 Å². The van der Waals surface area contributed by atoms with E-state index in [0.29, 0.717) is 25.9 Å². The lowest BCUT2D eigenvalue weighted by Gasteiger charge is -2.29. The van der Waals surface area contributed by atoms with Crippen molar-refractivity contribution in [2.75, 3.05) is 20.2 Å². The summed E-state index contributed by atoms with van der Waals surface area (Å²) in [5.41, 5.74) is 0. The Morgan fingerprint density at radius 1 is 1.42 bits per heavy atom. The molecule has 0 bridgehead atoms. The molecule has 1 saturated heterocycles. The zero-order chi connectivity index (χ0) is 14.0. The van der Waals surface area contributed by atoms with E-state index in [1.165, 1.54) is 10.4 Å². The highest BCUT2D eigenvalue weighted by Gasteiger charge is 2.32. The summed E-state index contributed by atoms with van der Waals surface area (Å²) in [4.78, 5) is 10.7. The summed E-state index contributed by atoms with van der Waals surface area (Å²) < 4.78 is 35.7. The van der Waals surface area contributed by atoms with Crippen LogP contribution in [-0.4, -0.2) is 50.1 Å². The highest BCUT2D eigenvalue weighted by molar-refractivity contribution is 7.89. The normalized spacial score (nSPS) is 18.6. The zero-order valence-electron chi connectivity index (χ0n) is 10.4. The summed E-state index contributed by atoms with van der Waals surface area (Å²) in [7, 11) is -2.16. The van der Waals surface area contributed by atoms with Gasteiger partial charge in [-0.05, 0) is 25.0 Å². The molecule has 0 aromatic carbocycles. The number of carbonyl (C=O) groups is 1. The molecule has 0 radical (unpaired) electrons. The Bertz CT molecular complexity index is 555. The lowest BCUT2D eigenvalue weighted by Crippen LogP contribution is -2.40. The van der Waals surface area contributed by atoms with Crippen LogP contribution >= 0.6 is 0 Å². The lowest BCUT2D eigenvalue weighted by atomic mass is 10.1. The van der Waals surface area contributed by atoms with Gasteiger partial charge >= 0.3 is 5.97 Å². The highest BCUT2D eigenvalue weighted by atomic mass is 32.2. The van der Waals surface area contributed by atoms with Gasteiger partial charge in [0.05, 0.1) is 6.10 Å². The van der Waals surface area contributed by atoms with Gasteiger partial charge in [0, 0.05) is 20.2 Å². The number of furan rings is 1. The summed E-state index contributed by atoms with van der Waals surface area (Å²) in [5.74, 6) is -1.68. The molecule has 1 N–H and O–H groups in total. The van der Waals surface area contributed by atoms with Crippen molar-refractivity contribution in [1.29, 1.82) is 0 Å². The second-order valence-corrected chi connectivity index (χ2v) is 6.13. The standard InChI is InChI=1S/C11H15NO6S/c1-17-8-4-6-12(7-5-8)19(15,16)10-3-2-9(18-10)11(13)14/h2-3,8H,4-7H2,1H3,(H,13,14). The van der Waals surface area contributed by atoms with Crippen LogP contribution in [0.2, 0.25) is 0 Å². The molecule has 1 aromatic rings. The number of piperidine rings is 1. The van der Waals surface area contributed by atoms with E-state index in [2.05, 4.69) is 0 Å². The number of carboxylic acids is 1. The summed E-state index contributed by atoms with van der Waals surface area (Å²) in [5, 5.41) is 8.39. The Morgan fingerprint density at radius 3 is 2.53 bits per heavy atom. The largest absolute Gasteiger partial charge is 0.475 e. The maximum Gasteiger partial charge on any atom is 0.371 e. The second-order valence-electron chi connectivity index (χ2n) is 4.26.